The summed E-state index contributed by atoms with van der Waals surface area (Å²) in [6, 6.07) is 12.6. The van der Waals surface area contributed by atoms with Gasteiger partial charge in [0.05, 0.1) is 6.42 Å². The molecule has 0 aliphatic carbocycles. The number of esters is 1. The molecule has 2 rings (SSSR count). The summed E-state index contributed by atoms with van der Waals surface area (Å²) in [7, 11) is 0. The fraction of sp³-hybridized carbons (Fsp3) is 0.318. The van der Waals surface area contributed by atoms with E-state index in [1.165, 1.54) is 0 Å². The second kappa shape index (κ2) is 11.2. The molecule has 2 aromatic carbocycles. The topological polar surface area (TPSA) is 84.5 Å². The number of para-hydroxylation sites is 1. The molecule has 0 heterocycles. The molecule has 2 amide bonds. The van der Waals surface area contributed by atoms with Gasteiger partial charge in [-0.15, -0.1) is 0 Å². The Hall–Kier alpha value is -2.86. The molecule has 0 unspecified atom stereocenters. The van der Waals surface area contributed by atoms with Gasteiger partial charge in [-0.2, -0.15) is 0 Å². The standard InChI is InChI=1S/C22H25ClN2O4/c1-3-15-7-5-8-16(4-2)22(15)25-20(27)14-29-21(28)12-11-19(26)24-18-10-6-9-17(23)13-18/h5-10,13H,3-4,11-12,14H2,1-2H3,(H,24,26)(H,25,27). The fourth-order valence-electron chi connectivity index (χ4n) is 2.80. The Morgan fingerprint density at radius 2 is 1.55 bits per heavy atom. The number of ether oxygens (including phenoxy) is 1. The van der Waals surface area contributed by atoms with Gasteiger partial charge in [0.15, 0.2) is 6.61 Å². The quantitative estimate of drug-likeness (QED) is 0.594. The number of halogens is 1. The number of rotatable bonds is 9. The minimum absolute atomic E-state index is 0.0500. The van der Waals surface area contributed by atoms with Gasteiger partial charge in [0.25, 0.3) is 5.91 Å². The van der Waals surface area contributed by atoms with E-state index >= 15 is 0 Å². The summed E-state index contributed by atoms with van der Waals surface area (Å²) in [5.74, 6) is -1.35. The zero-order valence-electron chi connectivity index (χ0n) is 16.6. The van der Waals surface area contributed by atoms with Gasteiger partial charge in [0.1, 0.15) is 0 Å². The highest BCUT2D eigenvalue weighted by molar-refractivity contribution is 6.30. The lowest BCUT2D eigenvalue weighted by molar-refractivity contribution is -0.147. The molecular weight excluding hydrogens is 392 g/mol. The van der Waals surface area contributed by atoms with Crippen LogP contribution in [0.25, 0.3) is 0 Å². The lowest BCUT2D eigenvalue weighted by atomic mass is 10.0. The van der Waals surface area contributed by atoms with E-state index in [1.807, 2.05) is 32.0 Å². The van der Waals surface area contributed by atoms with Crippen molar-refractivity contribution in [2.24, 2.45) is 0 Å². The van der Waals surface area contributed by atoms with E-state index in [1.54, 1.807) is 24.3 Å². The number of hydrogen-bond donors (Lipinski definition) is 2. The van der Waals surface area contributed by atoms with Crippen molar-refractivity contribution in [3.63, 3.8) is 0 Å². The number of amides is 2. The number of benzene rings is 2. The van der Waals surface area contributed by atoms with Crippen LogP contribution in [-0.2, 0) is 32.0 Å². The number of carbonyl (C=O) groups excluding carboxylic acids is 3. The van der Waals surface area contributed by atoms with E-state index in [0.717, 1.165) is 29.7 Å². The summed E-state index contributed by atoms with van der Waals surface area (Å²) in [5.41, 5.74) is 3.39. The molecule has 2 N–H and O–H groups in total. The summed E-state index contributed by atoms with van der Waals surface area (Å²) in [6.07, 6.45) is 1.40. The molecule has 0 spiro atoms. The van der Waals surface area contributed by atoms with Crippen LogP contribution in [0.2, 0.25) is 5.02 Å². The van der Waals surface area contributed by atoms with E-state index in [0.29, 0.717) is 10.7 Å². The van der Waals surface area contributed by atoms with Crippen molar-refractivity contribution >= 4 is 40.8 Å². The lowest BCUT2D eigenvalue weighted by Gasteiger charge is -2.14. The highest BCUT2D eigenvalue weighted by Gasteiger charge is 2.13. The minimum Gasteiger partial charge on any atom is -0.456 e. The fourth-order valence-corrected chi connectivity index (χ4v) is 2.99. The maximum Gasteiger partial charge on any atom is 0.306 e. The van der Waals surface area contributed by atoms with Crippen molar-refractivity contribution in [3.8, 4) is 0 Å². The van der Waals surface area contributed by atoms with Gasteiger partial charge in [0.2, 0.25) is 5.91 Å². The summed E-state index contributed by atoms with van der Waals surface area (Å²) in [5, 5.41) is 5.99. The molecule has 0 radical (unpaired) electrons. The third-order valence-corrected chi connectivity index (χ3v) is 4.53. The number of carbonyl (C=O) groups is 3. The molecule has 0 saturated carbocycles. The molecule has 0 atom stereocenters. The first-order valence-corrected chi connectivity index (χ1v) is 9.92. The van der Waals surface area contributed by atoms with Crippen LogP contribution < -0.4 is 10.6 Å². The van der Waals surface area contributed by atoms with Crippen LogP contribution in [0.15, 0.2) is 42.5 Å². The predicted molar refractivity (Wildman–Crippen MR) is 114 cm³/mol. The molecule has 7 heteroatoms. The van der Waals surface area contributed by atoms with Crippen molar-refractivity contribution in [3.05, 3.63) is 58.6 Å². The second-order valence-electron chi connectivity index (χ2n) is 6.43. The van der Waals surface area contributed by atoms with Gasteiger partial charge in [0, 0.05) is 22.8 Å². The Balaban J connectivity index is 1.78. The highest BCUT2D eigenvalue weighted by atomic mass is 35.5. The van der Waals surface area contributed by atoms with Crippen LogP contribution in [0.1, 0.15) is 37.8 Å². The van der Waals surface area contributed by atoms with Gasteiger partial charge in [-0.3, -0.25) is 14.4 Å². The van der Waals surface area contributed by atoms with Gasteiger partial charge >= 0.3 is 5.97 Å². The molecule has 0 bridgehead atoms. The lowest BCUT2D eigenvalue weighted by Crippen LogP contribution is -2.23. The van der Waals surface area contributed by atoms with Crippen molar-refractivity contribution in [1.82, 2.24) is 0 Å². The van der Waals surface area contributed by atoms with E-state index in [9.17, 15) is 14.4 Å². The normalized spacial score (nSPS) is 10.3. The number of aryl methyl sites for hydroxylation is 2. The zero-order chi connectivity index (χ0) is 21.2. The largest absolute Gasteiger partial charge is 0.456 e. The Morgan fingerprint density at radius 1 is 0.897 bits per heavy atom. The molecule has 0 aromatic heterocycles. The van der Waals surface area contributed by atoms with E-state index < -0.39 is 18.5 Å². The van der Waals surface area contributed by atoms with Gasteiger partial charge < -0.3 is 15.4 Å². The second-order valence-corrected chi connectivity index (χ2v) is 6.86. The predicted octanol–water partition coefficient (Wildman–Crippen LogP) is 4.37. The number of anilines is 2. The average molecular weight is 417 g/mol. The van der Waals surface area contributed by atoms with Crippen molar-refractivity contribution in [2.45, 2.75) is 39.5 Å². The van der Waals surface area contributed by atoms with E-state index in [4.69, 9.17) is 16.3 Å². The van der Waals surface area contributed by atoms with Gasteiger partial charge in [-0.05, 0) is 42.2 Å². The Labute approximate surface area is 175 Å². The van der Waals surface area contributed by atoms with Crippen molar-refractivity contribution in [1.29, 1.82) is 0 Å². The maximum absolute atomic E-state index is 12.2. The zero-order valence-corrected chi connectivity index (χ0v) is 17.3. The summed E-state index contributed by atoms with van der Waals surface area (Å²) in [4.78, 5) is 35.9. The van der Waals surface area contributed by atoms with Gasteiger partial charge in [-0.25, -0.2) is 0 Å². The van der Waals surface area contributed by atoms with E-state index in [2.05, 4.69) is 10.6 Å². The van der Waals surface area contributed by atoms with Crippen LogP contribution in [0, 0.1) is 0 Å². The van der Waals surface area contributed by atoms with Crippen molar-refractivity contribution in [2.75, 3.05) is 17.2 Å². The smallest absolute Gasteiger partial charge is 0.306 e. The third kappa shape index (κ3) is 7.23. The van der Waals surface area contributed by atoms with Crippen molar-refractivity contribution < 1.29 is 19.1 Å². The van der Waals surface area contributed by atoms with Crippen LogP contribution >= 0.6 is 11.6 Å². The van der Waals surface area contributed by atoms with E-state index in [-0.39, 0.29) is 18.7 Å². The Bertz CT molecular complexity index is 861. The molecule has 154 valence electrons. The SMILES string of the molecule is CCc1cccc(CC)c1NC(=O)COC(=O)CCC(=O)Nc1cccc(Cl)c1. The first kappa shape index (κ1) is 22.4. The summed E-state index contributed by atoms with van der Waals surface area (Å²) in [6.45, 7) is 3.63. The molecule has 2 aromatic rings. The Kier molecular flexibility index (Phi) is 8.68. The molecule has 0 saturated heterocycles. The molecular formula is C22H25ClN2O4. The molecule has 0 aliphatic rings. The highest BCUT2D eigenvalue weighted by Crippen LogP contribution is 2.22. The maximum atomic E-state index is 12.2. The number of hydrogen-bond acceptors (Lipinski definition) is 4. The average Bonchev–Trinajstić information content (AvgIpc) is 2.71. The first-order valence-electron chi connectivity index (χ1n) is 9.54. The summed E-state index contributed by atoms with van der Waals surface area (Å²) >= 11 is 5.86. The summed E-state index contributed by atoms with van der Waals surface area (Å²) < 4.78 is 4.99. The Morgan fingerprint density at radius 3 is 2.17 bits per heavy atom. The van der Waals surface area contributed by atoms with Gasteiger partial charge in [-0.1, -0.05) is 49.7 Å². The molecule has 6 nitrogen and oxygen atoms in total. The molecule has 29 heavy (non-hydrogen) atoms. The van der Waals surface area contributed by atoms with Crippen LogP contribution in [0.5, 0.6) is 0 Å². The molecule has 0 aliphatic heterocycles. The molecule has 0 fully saturated rings. The monoisotopic (exact) mass is 416 g/mol. The minimum atomic E-state index is -0.610. The first-order chi connectivity index (χ1) is 13.9. The van der Waals surface area contributed by atoms with Crippen LogP contribution in [-0.4, -0.2) is 24.4 Å². The van der Waals surface area contributed by atoms with Crippen LogP contribution in [0.3, 0.4) is 0 Å². The number of nitrogens with one attached hydrogen (secondary N) is 2. The third-order valence-electron chi connectivity index (χ3n) is 4.29. The van der Waals surface area contributed by atoms with Crippen LogP contribution in [0.4, 0.5) is 11.4 Å².